The molecule has 1 unspecified atom stereocenters. The Morgan fingerprint density at radius 1 is 1.21 bits per heavy atom. The third-order valence-electron chi connectivity index (χ3n) is 4.96. The van der Waals surface area contributed by atoms with Gasteiger partial charge in [0, 0.05) is 35.1 Å². The maximum atomic E-state index is 13.1. The molecule has 0 saturated heterocycles. The molecule has 0 saturated carbocycles. The minimum Gasteiger partial charge on any atom is -0.324 e. The minimum absolute atomic E-state index is 0.0448. The summed E-state index contributed by atoms with van der Waals surface area (Å²) in [6.07, 6.45) is -1.12. The number of amides is 1. The molecule has 1 atom stereocenters. The van der Waals surface area contributed by atoms with Gasteiger partial charge < -0.3 is 5.32 Å². The van der Waals surface area contributed by atoms with E-state index in [1.165, 1.54) is 11.1 Å². The number of hydrogen-bond acceptors (Lipinski definition) is 3. The SMILES string of the molecule is O=C(Nc1cncc2ccccc12)C1CN(CC(F)(F)F)Cc2ccc(Cl)cc21. The Bertz CT molecular complexity index is 1070. The third kappa shape index (κ3) is 4.36. The van der Waals surface area contributed by atoms with E-state index in [2.05, 4.69) is 10.3 Å². The van der Waals surface area contributed by atoms with Crippen molar-refractivity contribution in [2.45, 2.75) is 18.6 Å². The van der Waals surface area contributed by atoms with Gasteiger partial charge in [0.2, 0.25) is 5.91 Å². The highest BCUT2D eigenvalue weighted by molar-refractivity contribution is 6.30. The topological polar surface area (TPSA) is 45.2 Å². The van der Waals surface area contributed by atoms with Gasteiger partial charge in [-0.15, -0.1) is 0 Å². The third-order valence-corrected chi connectivity index (χ3v) is 5.20. The lowest BCUT2D eigenvalue weighted by Gasteiger charge is -2.34. The molecule has 29 heavy (non-hydrogen) atoms. The summed E-state index contributed by atoms with van der Waals surface area (Å²) in [5, 5.41) is 4.96. The quantitative estimate of drug-likeness (QED) is 0.650. The molecular weight excluding hydrogens is 403 g/mol. The number of aromatic nitrogens is 1. The van der Waals surface area contributed by atoms with E-state index >= 15 is 0 Å². The standard InChI is InChI=1S/C21H17ClF3N3O/c22-15-6-5-14-10-28(12-21(23,24)25)11-18(17(14)7-15)20(29)27-19-9-26-8-13-3-1-2-4-16(13)19/h1-9,18H,10-12H2,(H,27,29). The summed E-state index contributed by atoms with van der Waals surface area (Å²) >= 11 is 6.09. The number of alkyl halides is 3. The van der Waals surface area contributed by atoms with E-state index in [1.807, 2.05) is 24.3 Å². The highest BCUT2D eigenvalue weighted by Gasteiger charge is 2.37. The van der Waals surface area contributed by atoms with E-state index in [1.54, 1.807) is 24.4 Å². The Labute approximate surface area is 170 Å². The molecule has 4 rings (SSSR count). The van der Waals surface area contributed by atoms with Crippen molar-refractivity contribution in [1.29, 1.82) is 0 Å². The molecule has 1 aliphatic heterocycles. The van der Waals surface area contributed by atoms with Crippen molar-refractivity contribution >= 4 is 34.0 Å². The van der Waals surface area contributed by atoms with Gasteiger partial charge in [-0.2, -0.15) is 13.2 Å². The average Bonchev–Trinajstić information content (AvgIpc) is 2.66. The Morgan fingerprint density at radius 2 is 2.00 bits per heavy atom. The van der Waals surface area contributed by atoms with E-state index in [9.17, 15) is 18.0 Å². The molecule has 150 valence electrons. The molecule has 0 fully saturated rings. The van der Waals surface area contributed by atoms with Crippen molar-refractivity contribution in [2.75, 3.05) is 18.4 Å². The number of carbonyl (C=O) groups excluding carboxylic acids is 1. The largest absolute Gasteiger partial charge is 0.401 e. The van der Waals surface area contributed by atoms with E-state index in [0.717, 1.165) is 10.8 Å². The number of nitrogens with one attached hydrogen (secondary N) is 1. The van der Waals surface area contributed by atoms with Crippen LogP contribution < -0.4 is 5.32 Å². The van der Waals surface area contributed by atoms with Crippen molar-refractivity contribution < 1.29 is 18.0 Å². The number of carbonyl (C=O) groups is 1. The monoisotopic (exact) mass is 419 g/mol. The van der Waals surface area contributed by atoms with Crippen LogP contribution in [0.15, 0.2) is 54.9 Å². The zero-order chi connectivity index (χ0) is 20.6. The van der Waals surface area contributed by atoms with Crippen LogP contribution in [0.4, 0.5) is 18.9 Å². The second kappa shape index (κ2) is 7.65. The van der Waals surface area contributed by atoms with E-state index in [4.69, 9.17) is 11.6 Å². The van der Waals surface area contributed by atoms with Crippen molar-refractivity contribution in [3.8, 4) is 0 Å². The molecule has 0 aliphatic carbocycles. The summed E-state index contributed by atoms with van der Waals surface area (Å²) < 4.78 is 38.9. The number of nitrogens with zero attached hydrogens (tertiary/aromatic N) is 2. The maximum Gasteiger partial charge on any atom is 0.401 e. The molecule has 1 aromatic heterocycles. The van der Waals surface area contributed by atoms with Gasteiger partial charge in [0.05, 0.1) is 24.3 Å². The predicted molar refractivity (Wildman–Crippen MR) is 106 cm³/mol. The van der Waals surface area contributed by atoms with Gasteiger partial charge in [-0.05, 0) is 23.3 Å². The van der Waals surface area contributed by atoms with Gasteiger partial charge >= 0.3 is 6.18 Å². The zero-order valence-corrected chi connectivity index (χ0v) is 16.0. The van der Waals surface area contributed by atoms with Gasteiger partial charge in [0.25, 0.3) is 0 Å². The number of hydrogen-bond donors (Lipinski definition) is 1. The van der Waals surface area contributed by atoms with Gasteiger partial charge in [0.15, 0.2) is 0 Å². The second-order valence-electron chi connectivity index (χ2n) is 7.08. The molecule has 0 spiro atoms. The summed E-state index contributed by atoms with van der Waals surface area (Å²) in [5.74, 6) is -1.17. The predicted octanol–water partition coefficient (Wildman–Crippen LogP) is 4.99. The van der Waals surface area contributed by atoms with E-state index < -0.39 is 24.5 Å². The summed E-state index contributed by atoms with van der Waals surface area (Å²) in [6.45, 7) is -1.00. The number of rotatable bonds is 3. The van der Waals surface area contributed by atoms with E-state index in [-0.39, 0.29) is 13.1 Å². The number of anilines is 1. The highest BCUT2D eigenvalue weighted by atomic mass is 35.5. The summed E-state index contributed by atoms with van der Waals surface area (Å²) in [5.41, 5.74) is 1.84. The van der Waals surface area contributed by atoms with Crippen molar-refractivity contribution in [3.05, 3.63) is 71.0 Å². The number of fused-ring (bicyclic) bond motifs is 2. The Kier molecular flexibility index (Phi) is 5.19. The van der Waals surface area contributed by atoms with Crippen LogP contribution in [0.3, 0.4) is 0 Å². The van der Waals surface area contributed by atoms with Gasteiger partial charge in [-0.25, -0.2) is 0 Å². The minimum atomic E-state index is -4.34. The molecule has 0 bridgehead atoms. The first-order valence-electron chi connectivity index (χ1n) is 9.01. The van der Waals surface area contributed by atoms with Crippen LogP contribution in [0, 0.1) is 0 Å². The van der Waals surface area contributed by atoms with Gasteiger partial charge in [0.1, 0.15) is 0 Å². The first-order chi connectivity index (χ1) is 13.8. The highest BCUT2D eigenvalue weighted by Crippen LogP contribution is 2.33. The first-order valence-corrected chi connectivity index (χ1v) is 9.39. The Hall–Kier alpha value is -2.64. The lowest BCUT2D eigenvalue weighted by Crippen LogP contribution is -2.43. The summed E-state index contributed by atoms with van der Waals surface area (Å²) in [4.78, 5) is 18.5. The Balaban J connectivity index is 1.66. The molecular formula is C21H17ClF3N3O. The van der Waals surface area contributed by atoms with Gasteiger partial charge in [-0.3, -0.25) is 14.7 Å². The van der Waals surface area contributed by atoms with Crippen molar-refractivity contribution in [2.24, 2.45) is 0 Å². The summed E-state index contributed by atoms with van der Waals surface area (Å²) in [7, 11) is 0. The van der Waals surface area contributed by atoms with Crippen LogP contribution >= 0.6 is 11.6 Å². The second-order valence-corrected chi connectivity index (χ2v) is 7.51. The lowest BCUT2D eigenvalue weighted by atomic mass is 9.89. The molecule has 8 heteroatoms. The van der Waals surface area contributed by atoms with Crippen LogP contribution in [0.25, 0.3) is 10.8 Å². The van der Waals surface area contributed by atoms with Crippen LogP contribution in [-0.4, -0.2) is 35.1 Å². The maximum absolute atomic E-state index is 13.1. The van der Waals surface area contributed by atoms with Crippen LogP contribution in [0.1, 0.15) is 17.0 Å². The average molecular weight is 420 g/mol. The van der Waals surface area contributed by atoms with E-state index in [0.29, 0.717) is 21.8 Å². The summed E-state index contributed by atoms with van der Waals surface area (Å²) in [6, 6.07) is 12.4. The molecule has 3 aromatic rings. The molecule has 1 N–H and O–H groups in total. The van der Waals surface area contributed by atoms with Crippen LogP contribution in [0.5, 0.6) is 0 Å². The van der Waals surface area contributed by atoms with Gasteiger partial charge in [-0.1, -0.05) is 41.9 Å². The molecule has 0 radical (unpaired) electrons. The normalized spacial score (nSPS) is 17.2. The fourth-order valence-electron chi connectivity index (χ4n) is 3.73. The van der Waals surface area contributed by atoms with Crippen LogP contribution in [0.2, 0.25) is 5.02 Å². The fraction of sp³-hybridized carbons (Fsp3) is 0.238. The zero-order valence-electron chi connectivity index (χ0n) is 15.2. The van der Waals surface area contributed by atoms with Crippen molar-refractivity contribution in [3.63, 3.8) is 0 Å². The Morgan fingerprint density at radius 3 is 2.79 bits per heavy atom. The molecule has 1 amide bonds. The molecule has 1 aliphatic rings. The van der Waals surface area contributed by atoms with Crippen molar-refractivity contribution in [1.82, 2.24) is 9.88 Å². The number of pyridine rings is 1. The first kappa shape index (κ1) is 19.7. The lowest BCUT2D eigenvalue weighted by molar-refractivity contribution is -0.149. The molecule has 2 aromatic carbocycles. The molecule has 2 heterocycles. The smallest absolute Gasteiger partial charge is 0.324 e. The molecule has 4 nitrogen and oxygen atoms in total. The number of halogens is 4. The number of benzene rings is 2. The van der Waals surface area contributed by atoms with Crippen LogP contribution in [-0.2, 0) is 11.3 Å². The fourth-order valence-corrected chi connectivity index (χ4v) is 3.91.